The number of ether oxygens (including phenoxy) is 3. The van der Waals surface area contributed by atoms with E-state index in [0.29, 0.717) is 5.54 Å². The fraction of sp³-hybridized carbons (Fsp3) is 0.862. The highest BCUT2D eigenvalue weighted by Gasteiger charge is 2.48. The Kier molecular flexibility index (Phi) is 13.0. The van der Waals surface area contributed by atoms with Gasteiger partial charge < -0.3 is 14.2 Å². The number of cyclic esters (lactones) is 2. The van der Waals surface area contributed by atoms with Gasteiger partial charge in [-0.1, -0.05) is 41.5 Å². The molecule has 43 heavy (non-hydrogen) atoms. The molecule has 246 valence electrons. The van der Waals surface area contributed by atoms with Crippen LogP contribution in [0.5, 0.6) is 0 Å². The first kappa shape index (κ1) is 38.0. The molecule has 0 aromatic carbocycles. The molecule has 0 aliphatic carbocycles. The minimum atomic E-state index is -1.13. The van der Waals surface area contributed by atoms with Gasteiger partial charge in [-0.3, -0.25) is 14.5 Å². The summed E-state index contributed by atoms with van der Waals surface area (Å²) >= 11 is 0. The lowest BCUT2D eigenvalue weighted by molar-refractivity contribution is -0.244. The zero-order chi connectivity index (χ0) is 33.4. The smallest absolute Gasteiger partial charge is 0.324 e. The number of carbonyl (C=O) groups is 2. The second-order valence-electron chi connectivity index (χ2n) is 15.1. The number of aromatic nitrogens is 8. The summed E-state index contributed by atoms with van der Waals surface area (Å²) in [6.45, 7) is 31.5. The number of nitrogens with zero attached hydrogens (tertiary/aromatic N) is 9. The topological polar surface area (TPSA) is 152 Å². The average molecular weight is 610 g/mol. The van der Waals surface area contributed by atoms with Crippen molar-refractivity contribution in [3.63, 3.8) is 0 Å². The quantitative estimate of drug-likeness (QED) is 0.317. The molecule has 2 aromatic rings. The normalized spacial score (nSPS) is 18.1. The lowest BCUT2D eigenvalue weighted by Gasteiger charge is -2.38. The summed E-state index contributed by atoms with van der Waals surface area (Å²) in [5.41, 5.74) is -0.133. The van der Waals surface area contributed by atoms with Gasteiger partial charge in [-0.15, -0.1) is 15.3 Å². The van der Waals surface area contributed by atoms with Crippen LogP contribution in [-0.2, 0) is 41.8 Å². The maximum atomic E-state index is 11.5. The van der Waals surface area contributed by atoms with E-state index < -0.39 is 29.1 Å². The number of esters is 2. The van der Waals surface area contributed by atoms with Gasteiger partial charge in [0.1, 0.15) is 6.33 Å². The third-order valence-corrected chi connectivity index (χ3v) is 6.21. The largest absolute Gasteiger partial charge is 0.422 e. The lowest BCUT2D eigenvalue weighted by atomic mass is 9.80. The maximum Gasteiger partial charge on any atom is 0.324 e. The number of rotatable bonds is 0. The molecule has 0 atom stereocenters. The molecule has 2 aliphatic heterocycles. The molecule has 0 amide bonds. The van der Waals surface area contributed by atoms with Crippen molar-refractivity contribution in [1.29, 1.82) is 0 Å². The van der Waals surface area contributed by atoms with Crippen molar-refractivity contribution in [2.75, 3.05) is 26.3 Å². The number of carbonyl (C=O) groups excluding carboxylic acids is 2. The first-order valence-corrected chi connectivity index (χ1v) is 14.6. The van der Waals surface area contributed by atoms with Crippen LogP contribution in [0.25, 0.3) is 0 Å². The monoisotopic (exact) mass is 609 g/mol. The fourth-order valence-electron chi connectivity index (χ4n) is 3.71. The Morgan fingerprint density at radius 3 is 1.58 bits per heavy atom. The third-order valence-electron chi connectivity index (χ3n) is 6.21. The van der Waals surface area contributed by atoms with Gasteiger partial charge in [0.2, 0.25) is 0 Å². The Morgan fingerprint density at radius 2 is 1.33 bits per heavy atom. The predicted molar refractivity (Wildman–Crippen MR) is 162 cm³/mol. The van der Waals surface area contributed by atoms with Crippen molar-refractivity contribution >= 4 is 11.9 Å². The molecule has 0 unspecified atom stereocenters. The number of hydrogen-bond donors (Lipinski definition) is 0. The van der Waals surface area contributed by atoms with Gasteiger partial charge in [0.05, 0.1) is 25.8 Å². The molecular weight excluding hydrogens is 554 g/mol. The molecule has 2 fully saturated rings. The van der Waals surface area contributed by atoms with Crippen molar-refractivity contribution in [3.05, 3.63) is 12.2 Å². The molecular formula is C29H55N9O5. The molecule has 2 aliphatic rings. The first-order valence-electron chi connectivity index (χ1n) is 14.6. The molecule has 4 rings (SSSR count). The van der Waals surface area contributed by atoms with Gasteiger partial charge in [-0.25, -0.2) is 4.68 Å². The van der Waals surface area contributed by atoms with Crippen LogP contribution in [0.1, 0.15) is 103 Å². The molecule has 14 heteroatoms. The average Bonchev–Trinajstić information content (AvgIpc) is 3.50. The van der Waals surface area contributed by atoms with Gasteiger partial charge >= 0.3 is 11.9 Å². The number of tetrazole rings is 2. The number of hydrogen-bond acceptors (Lipinski definition) is 12. The second-order valence-corrected chi connectivity index (χ2v) is 15.1. The maximum absolute atomic E-state index is 11.5. The van der Waals surface area contributed by atoms with Gasteiger partial charge in [-0.2, -0.15) is 4.80 Å². The minimum absolute atomic E-state index is 0.00347. The van der Waals surface area contributed by atoms with E-state index >= 15 is 0 Å². The van der Waals surface area contributed by atoms with E-state index in [-0.39, 0.29) is 11.0 Å². The zero-order valence-electron chi connectivity index (χ0n) is 29.0. The highest BCUT2D eigenvalue weighted by molar-refractivity contribution is 5.97. The summed E-state index contributed by atoms with van der Waals surface area (Å²) in [5, 5.41) is 22.5. The Morgan fingerprint density at radius 1 is 0.814 bits per heavy atom. The SMILES string of the molecule is CC(C)(C)N1CCOCC1.CC(C)(C)n1cnnn1.CC1(C)OC(=O)C(C(C)(C)C)C(=O)O1.Cn1nnc(C(C)(C)C)n1. The molecule has 0 spiro atoms. The van der Waals surface area contributed by atoms with E-state index in [1.807, 2.05) is 20.8 Å². The van der Waals surface area contributed by atoms with Crippen LogP contribution in [0.4, 0.5) is 0 Å². The summed E-state index contributed by atoms with van der Waals surface area (Å²) < 4.78 is 17.0. The van der Waals surface area contributed by atoms with Crippen molar-refractivity contribution in [3.8, 4) is 0 Å². The van der Waals surface area contributed by atoms with E-state index in [1.165, 1.54) is 4.80 Å². The Balaban J connectivity index is 0.000000291. The summed E-state index contributed by atoms with van der Waals surface area (Å²) in [7, 11) is 1.77. The van der Waals surface area contributed by atoms with E-state index in [0.717, 1.165) is 32.1 Å². The van der Waals surface area contributed by atoms with Gasteiger partial charge in [0.25, 0.3) is 5.79 Å². The van der Waals surface area contributed by atoms with E-state index in [1.54, 1.807) is 52.7 Å². The number of morpholine rings is 1. The van der Waals surface area contributed by atoms with Gasteiger partial charge in [0, 0.05) is 37.9 Å². The van der Waals surface area contributed by atoms with Crippen LogP contribution in [0, 0.1) is 11.3 Å². The molecule has 0 radical (unpaired) electrons. The number of aryl methyl sites for hydroxylation is 1. The molecule has 2 aromatic heterocycles. The summed E-state index contributed by atoms with van der Waals surface area (Å²) in [4.78, 5) is 27.0. The zero-order valence-corrected chi connectivity index (χ0v) is 29.0. The van der Waals surface area contributed by atoms with Crippen LogP contribution in [-0.4, -0.2) is 94.9 Å². The Labute approximate surface area is 257 Å². The molecule has 14 nitrogen and oxygen atoms in total. The highest BCUT2D eigenvalue weighted by atomic mass is 16.7. The molecule has 0 bridgehead atoms. The summed E-state index contributed by atoms with van der Waals surface area (Å²) in [6, 6.07) is 0. The standard InChI is InChI=1S/C10H16O4.C8H17NO.C6H12N4.C5H10N4/c1-9(2,3)6-7(11)13-10(4,5)14-8(6)12;1-8(2,3)9-4-6-10-7-5-9;1-6(2,3)5-7-9-10(4)8-5;1-5(2,3)9-4-6-7-8-9/h6H,1-5H3;4-7H2,1-3H3;1-4H3;4H,1-3H3. The van der Waals surface area contributed by atoms with Crippen LogP contribution >= 0.6 is 0 Å². The minimum Gasteiger partial charge on any atom is -0.422 e. The third kappa shape index (κ3) is 13.5. The van der Waals surface area contributed by atoms with Crippen molar-refractivity contribution in [2.45, 2.75) is 119 Å². The Hall–Kier alpha value is -3.00. The Bertz CT molecular complexity index is 1110. The predicted octanol–water partition coefficient (Wildman–Crippen LogP) is 3.54. The lowest BCUT2D eigenvalue weighted by Crippen LogP contribution is -2.50. The van der Waals surface area contributed by atoms with Crippen LogP contribution < -0.4 is 0 Å². The van der Waals surface area contributed by atoms with E-state index in [9.17, 15) is 9.59 Å². The van der Waals surface area contributed by atoms with Gasteiger partial charge in [-0.05, 0) is 62.6 Å². The molecule has 0 saturated carbocycles. The van der Waals surface area contributed by atoms with Crippen LogP contribution in [0.2, 0.25) is 0 Å². The van der Waals surface area contributed by atoms with E-state index in [4.69, 9.17) is 14.2 Å². The van der Waals surface area contributed by atoms with Crippen LogP contribution in [0.15, 0.2) is 6.33 Å². The highest BCUT2D eigenvalue weighted by Crippen LogP contribution is 2.34. The fourth-order valence-corrected chi connectivity index (χ4v) is 3.71. The van der Waals surface area contributed by atoms with Crippen molar-refractivity contribution < 1.29 is 23.8 Å². The van der Waals surface area contributed by atoms with Crippen molar-refractivity contribution in [1.82, 2.24) is 45.3 Å². The first-order chi connectivity index (χ1) is 19.3. The summed E-state index contributed by atoms with van der Waals surface area (Å²) in [6.07, 6.45) is 1.61. The van der Waals surface area contributed by atoms with Crippen LogP contribution in [0.3, 0.4) is 0 Å². The second kappa shape index (κ2) is 14.7. The molecule has 2 saturated heterocycles. The molecule has 0 N–H and O–H groups in total. The van der Waals surface area contributed by atoms with E-state index in [2.05, 4.69) is 77.4 Å². The van der Waals surface area contributed by atoms with Crippen molar-refractivity contribution in [2.24, 2.45) is 18.4 Å². The summed E-state index contributed by atoms with van der Waals surface area (Å²) in [5.74, 6) is -2.17. The van der Waals surface area contributed by atoms with Gasteiger partial charge in [0.15, 0.2) is 11.7 Å². The molecule has 4 heterocycles.